The lowest BCUT2D eigenvalue weighted by atomic mass is 9.82. The highest BCUT2D eigenvalue weighted by molar-refractivity contribution is 9.10. The Kier molecular flexibility index (Phi) is 4.40. The van der Waals surface area contributed by atoms with Crippen LogP contribution in [0.5, 0.6) is 0 Å². The number of aromatic nitrogens is 1. The second-order valence-corrected chi connectivity index (χ2v) is 10.9. The molecule has 5 aromatic carbocycles. The van der Waals surface area contributed by atoms with Crippen LogP contribution in [0.25, 0.3) is 49.7 Å². The van der Waals surface area contributed by atoms with E-state index in [1.807, 2.05) is 0 Å². The van der Waals surface area contributed by atoms with Gasteiger partial charge in [0.05, 0.1) is 11.0 Å². The third-order valence-corrected chi connectivity index (χ3v) is 8.15. The van der Waals surface area contributed by atoms with Gasteiger partial charge in [-0.2, -0.15) is 0 Å². The minimum atomic E-state index is 0.0130. The number of hydrogen-bond donors (Lipinski definition) is 0. The summed E-state index contributed by atoms with van der Waals surface area (Å²) in [5.41, 5.74) is 11.6. The van der Waals surface area contributed by atoms with Crippen LogP contribution in [0.4, 0.5) is 0 Å². The highest BCUT2D eigenvalue weighted by Gasteiger charge is 2.35. The van der Waals surface area contributed by atoms with Crippen molar-refractivity contribution >= 4 is 37.7 Å². The molecule has 168 valence electrons. The summed E-state index contributed by atoms with van der Waals surface area (Å²) in [7, 11) is 0. The summed E-state index contributed by atoms with van der Waals surface area (Å²) >= 11 is 3.63. The zero-order chi connectivity index (χ0) is 23.7. The minimum absolute atomic E-state index is 0.0130. The lowest BCUT2D eigenvalue weighted by Crippen LogP contribution is -2.14. The fourth-order valence-corrected chi connectivity index (χ4v) is 6.34. The van der Waals surface area contributed by atoms with E-state index in [1.165, 1.54) is 60.9 Å². The van der Waals surface area contributed by atoms with Gasteiger partial charge in [0.15, 0.2) is 0 Å². The molecule has 0 aliphatic heterocycles. The zero-order valence-corrected chi connectivity index (χ0v) is 21.3. The van der Waals surface area contributed by atoms with Gasteiger partial charge in [-0.3, -0.25) is 0 Å². The zero-order valence-electron chi connectivity index (χ0n) is 19.7. The Balaban J connectivity index is 1.52. The van der Waals surface area contributed by atoms with Gasteiger partial charge < -0.3 is 4.57 Å². The molecule has 1 heterocycles. The van der Waals surface area contributed by atoms with Crippen LogP contribution in [0.3, 0.4) is 0 Å². The van der Waals surface area contributed by atoms with Crippen LogP contribution in [0.15, 0.2) is 114 Å². The average Bonchev–Trinajstić information content (AvgIpc) is 3.33. The second kappa shape index (κ2) is 7.44. The van der Waals surface area contributed by atoms with Gasteiger partial charge in [-0.05, 0) is 69.8 Å². The van der Waals surface area contributed by atoms with Crippen molar-refractivity contribution < 1.29 is 0 Å². The van der Waals surface area contributed by atoms with Crippen LogP contribution in [0, 0.1) is 0 Å². The number of benzene rings is 5. The third kappa shape index (κ3) is 3.00. The molecule has 35 heavy (non-hydrogen) atoms. The first-order valence-electron chi connectivity index (χ1n) is 12.1. The summed E-state index contributed by atoms with van der Waals surface area (Å²) in [5, 5.41) is 2.56. The molecule has 0 fully saturated rings. The van der Waals surface area contributed by atoms with E-state index in [1.54, 1.807) is 0 Å². The predicted octanol–water partition coefficient (Wildman–Crippen LogP) is 9.52. The van der Waals surface area contributed by atoms with Crippen LogP contribution in [0.2, 0.25) is 0 Å². The Morgan fingerprint density at radius 3 is 2.20 bits per heavy atom. The number of rotatable bonds is 2. The SMILES string of the molecule is CC1(C)c2ccccc2-c2cc(-n3c4ccccc4c4ccc(-c5cccc(Br)c5)cc43)ccc21. The van der Waals surface area contributed by atoms with E-state index in [-0.39, 0.29) is 5.41 Å². The van der Waals surface area contributed by atoms with Gasteiger partial charge >= 0.3 is 0 Å². The van der Waals surface area contributed by atoms with E-state index in [0.29, 0.717) is 0 Å². The maximum Gasteiger partial charge on any atom is 0.0547 e. The van der Waals surface area contributed by atoms with Gasteiger partial charge in [-0.25, -0.2) is 0 Å². The van der Waals surface area contributed by atoms with Crippen LogP contribution < -0.4 is 0 Å². The fraction of sp³-hybridized carbons (Fsp3) is 0.0909. The van der Waals surface area contributed by atoms with E-state index >= 15 is 0 Å². The van der Waals surface area contributed by atoms with Crippen molar-refractivity contribution in [1.29, 1.82) is 0 Å². The minimum Gasteiger partial charge on any atom is -0.309 e. The molecule has 0 spiro atoms. The summed E-state index contributed by atoms with van der Waals surface area (Å²) in [6, 6.07) is 40.0. The molecule has 1 aromatic heterocycles. The lowest BCUT2D eigenvalue weighted by molar-refractivity contribution is 0.660. The molecule has 2 heteroatoms. The van der Waals surface area contributed by atoms with Crippen LogP contribution in [-0.2, 0) is 5.41 Å². The van der Waals surface area contributed by atoms with Crippen molar-refractivity contribution in [2.75, 3.05) is 0 Å². The monoisotopic (exact) mass is 513 g/mol. The lowest BCUT2D eigenvalue weighted by Gasteiger charge is -2.21. The predicted molar refractivity (Wildman–Crippen MR) is 151 cm³/mol. The Hall–Kier alpha value is -3.62. The first kappa shape index (κ1) is 20.7. The standard InChI is InChI=1S/C33H24BrN/c1-33(2)29-12-5-3-10-25(29)28-20-24(15-17-30(28)33)35-31-13-6-4-11-26(31)27-16-14-22(19-32(27)35)21-8-7-9-23(34)18-21/h3-20H,1-2H3. The Bertz CT molecular complexity index is 1790. The molecule has 0 atom stereocenters. The van der Waals surface area contributed by atoms with E-state index < -0.39 is 0 Å². The van der Waals surface area contributed by atoms with Crippen molar-refractivity contribution in [1.82, 2.24) is 4.57 Å². The van der Waals surface area contributed by atoms with Gasteiger partial charge in [0.25, 0.3) is 0 Å². The van der Waals surface area contributed by atoms with Crippen LogP contribution >= 0.6 is 15.9 Å². The van der Waals surface area contributed by atoms with E-state index in [0.717, 1.165) is 4.47 Å². The number of fused-ring (bicyclic) bond motifs is 6. The fourth-order valence-electron chi connectivity index (χ4n) is 5.94. The molecule has 6 aromatic rings. The molecule has 0 saturated heterocycles. The molecule has 0 unspecified atom stereocenters. The van der Waals surface area contributed by atoms with Gasteiger partial charge in [-0.1, -0.05) is 103 Å². The van der Waals surface area contributed by atoms with E-state index in [9.17, 15) is 0 Å². The van der Waals surface area contributed by atoms with Crippen LogP contribution in [-0.4, -0.2) is 4.57 Å². The largest absolute Gasteiger partial charge is 0.309 e. The molecule has 0 saturated carbocycles. The molecule has 0 N–H and O–H groups in total. The molecular weight excluding hydrogens is 490 g/mol. The number of halogens is 1. The Morgan fingerprint density at radius 1 is 0.571 bits per heavy atom. The Morgan fingerprint density at radius 2 is 1.31 bits per heavy atom. The summed E-state index contributed by atoms with van der Waals surface area (Å²) in [5.74, 6) is 0. The van der Waals surface area contributed by atoms with Gasteiger partial charge in [0.2, 0.25) is 0 Å². The van der Waals surface area contributed by atoms with Crippen molar-refractivity contribution in [3.8, 4) is 27.9 Å². The van der Waals surface area contributed by atoms with Crippen molar-refractivity contribution in [2.45, 2.75) is 19.3 Å². The van der Waals surface area contributed by atoms with Crippen LogP contribution in [0.1, 0.15) is 25.0 Å². The molecule has 0 radical (unpaired) electrons. The quantitative estimate of drug-likeness (QED) is 0.217. The smallest absolute Gasteiger partial charge is 0.0547 e. The number of para-hydroxylation sites is 1. The average molecular weight is 514 g/mol. The summed E-state index contributed by atoms with van der Waals surface area (Å²) < 4.78 is 3.52. The molecule has 0 amide bonds. The molecule has 1 nitrogen and oxygen atoms in total. The molecule has 7 rings (SSSR count). The topological polar surface area (TPSA) is 4.93 Å². The maximum atomic E-state index is 3.63. The van der Waals surface area contributed by atoms with Gasteiger partial charge in [0, 0.05) is 26.3 Å². The van der Waals surface area contributed by atoms with E-state index in [4.69, 9.17) is 0 Å². The number of hydrogen-bond acceptors (Lipinski definition) is 0. The Labute approximate surface area is 213 Å². The first-order valence-corrected chi connectivity index (χ1v) is 12.9. The molecular formula is C33H24BrN. The molecule has 0 bridgehead atoms. The summed E-state index contributed by atoms with van der Waals surface area (Å²) in [4.78, 5) is 0. The van der Waals surface area contributed by atoms with Gasteiger partial charge in [-0.15, -0.1) is 0 Å². The highest BCUT2D eigenvalue weighted by atomic mass is 79.9. The maximum absolute atomic E-state index is 3.63. The third-order valence-electron chi connectivity index (χ3n) is 7.66. The van der Waals surface area contributed by atoms with E-state index in [2.05, 4.69) is 144 Å². The van der Waals surface area contributed by atoms with Crippen molar-refractivity contribution in [3.63, 3.8) is 0 Å². The second-order valence-electron chi connectivity index (χ2n) is 10.00. The number of nitrogens with zero attached hydrogens (tertiary/aromatic N) is 1. The first-order chi connectivity index (χ1) is 17.0. The summed E-state index contributed by atoms with van der Waals surface area (Å²) in [6.07, 6.45) is 0. The van der Waals surface area contributed by atoms with Crippen molar-refractivity contribution in [3.05, 3.63) is 125 Å². The van der Waals surface area contributed by atoms with Crippen molar-refractivity contribution in [2.24, 2.45) is 0 Å². The normalized spacial score (nSPS) is 13.8. The van der Waals surface area contributed by atoms with Gasteiger partial charge in [0.1, 0.15) is 0 Å². The molecule has 1 aliphatic carbocycles. The molecule has 1 aliphatic rings. The highest BCUT2D eigenvalue weighted by Crippen LogP contribution is 2.49. The summed E-state index contributed by atoms with van der Waals surface area (Å²) in [6.45, 7) is 4.67.